The molecule has 0 radical (unpaired) electrons. The normalized spacial score (nSPS) is 14.5. The molecular weight excluding hydrogens is 537 g/mol. The maximum absolute atomic E-state index is 6.21. The maximum atomic E-state index is 6.21. The number of anilines is 2. The number of benzene rings is 3. The molecule has 1 fully saturated rings. The molecule has 0 amide bonds. The molecule has 0 unspecified atom stereocenters. The molecule has 1 saturated heterocycles. The predicted octanol–water partition coefficient (Wildman–Crippen LogP) is 4.70. The number of nitrogens with zero attached hydrogens (tertiary/aromatic N) is 3. The first-order valence-corrected chi connectivity index (χ1v) is 11.5. The number of hydrogen-bond donors (Lipinski definition) is 2. The van der Waals surface area contributed by atoms with Crippen molar-refractivity contribution >= 4 is 41.3 Å². The van der Waals surface area contributed by atoms with Crippen molar-refractivity contribution < 1.29 is 4.74 Å². The molecule has 1 aliphatic heterocycles. The Morgan fingerprint density at radius 3 is 2.18 bits per heavy atom. The lowest BCUT2D eigenvalue weighted by Crippen LogP contribution is -2.46. The standard InChI is InChI=1S/C27H33N5O.HI/c1-33-21-24-11-7-8-14-26(24)30-27(28)29-19-22-9-5-6-10-23(22)20-31-15-17-32(18-16-31)25-12-3-2-4-13-25;/h2-14H,15-21H2,1H3,(H3,28,29,30);1H. The summed E-state index contributed by atoms with van der Waals surface area (Å²) in [5.41, 5.74) is 12.0. The second kappa shape index (κ2) is 13.3. The van der Waals surface area contributed by atoms with E-state index in [1.807, 2.05) is 24.3 Å². The summed E-state index contributed by atoms with van der Waals surface area (Å²) >= 11 is 0. The van der Waals surface area contributed by atoms with Gasteiger partial charge in [-0.3, -0.25) is 4.90 Å². The molecule has 3 aromatic carbocycles. The van der Waals surface area contributed by atoms with Crippen molar-refractivity contribution in [2.75, 3.05) is 43.5 Å². The minimum atomic E-state index is 0. The van der Waals surface area contributed by atoms with Gasteiger partial charge in [0, 0.05) is 56.8 Å². The van der Waals surface area contributed by atoms with Gasteiger partial charge in [0.05, 0.1) is 13.2 Å². The molecule has 180 valence electrons. The number of methoxy groups -OCH3 is 1. The fourth-order valence-corrected chi connectivity index (χ4v) is 4.18. The van der Waals surface area contributed by atoms with Gasteiger partial charge in [-0.1, -0.05) is 60.7 Å². The Labute approximate surface area is 219 Å². The molecule has 3 N–H and O–H groups in total. The lowest BCUT2D eigenvalue weighted by Gasteiger charge is -2.36. The third kappa shape index (κ3) is 7.19. The fraction of sp³-hybridized carbons (Fsp3) is 0.296. The van der Waals surface area contributed by atoms with E-state index in [0.29, 0.717) is 19.1 Å². The van der Waals surface area contributed by atoms with Crippen molar-refractivity contribution in [3.8, 4) is 0 Å². The van der Waals surface area contributed by atoms with E-state index in [-0.39, 0.29) is 24.0 Å². The first-order valence-electron chi connectivity index (χ1n) is 11.5. The molecule has 6 nitrogen and oxygen atoms in total. The SMILES string of the molecule is COCc1ccccc1NC(N)=NCc1ccccc1CN1CCN(c2ccccc2)CC1.I. The van der Waals surface area contributed by atoms with Gasteiger partial charge in [0.1, 0.15) is 0 Å². The van der Waals surface area contributed by atoms with E-state index in [2.05, 4.69) is 74.7 Å². The number of para-hydroxylation sites is 2. The Morgan fingerprint density at radius 2 is 1.47 bits per heavy atom. The molecule has 34 heavy (non-hydrogen) atoms. The third-order valence-electron chi connectivity index (χ3n) is 6.01. The Bertz CT molecular complexity index is 1050. The van der Waals surface area contributed by atoms with Crippen LogP contribution in [0.1, 0.15) is 16.7 Å². The highest BCUT2D eigenvalue weighted by Gasteiger charge is 2.18. The zero-order valence-corrected chi connectivity index (χ0v) is 22.0. The zero-order valence-electron chi connectivity index (χ0n) is 19.7. The van der Waals surface area contributed by atoms with Crippen LogP contribution in [0.5, 0.6) is 0 Å². The van der Waals surface area contributed by atoms with Crippen molar-refractivity contribution in [3.63, 3.8) is 0 Å². The molecule has 0 atom stereocenters. The summed E-state index contributed by atoms with van der Waals surface area (Å²) in [5.74, 6) is 0.407. The van der Waals surface area contributed by atoms with Gasteiger partial charge in [0.25, 0.3) is 0 Å². The Balaban J connectivity index is 0.00000324. The summed E-state index contributed by atoms with van der Waals surface area (Å²) in [4.78, 5) is 9.59. The van der Waals surface area contributed by atoms with E-state index in [1.165, 1.54) is 16.8 Å². The van der Waals surface area contributed by atoms with Crippen LogP contribution in [0.25, 0.3) is 0 Å². The van der Waals surface area contributed by atoms with Crippen LogP contribution < -0.4 is 16.0 Å². The van der Waals surface area contributed by atoms with E-state index in [9.17, 15) is 0 Å². The van der Waals surface area contributed by atoms with Crippen molar-refractivity contribution in [1.82, 2.24) is 4.90 Å². The number of piperazine rings is 1. The van der Waals surface area contributed by atoms with Gasteiger partial charge < -0.3 is 20.7 Å². The zero-order chi connectivity index (χ0) is 22.9. The van der Waals surface area contributed by atoms with Crippen LogP contribution in [-0.2, 0) is 24.4 Å². The molecule has 0 spiro atoms. The van der Waals surface area contributed by atoms with Gasteiger partial charge >= 0.3 is 0 Å². The highest BCUT2D eigenvalue weighted by molar-refractivity contribution is 14.0. The average molecular weight is 572 g/mol. The molecular formula is C27H34IN5O. The molecule has 4 rings (SSSR count). The number of halogens is 1. The largest absolute Gasteiger partial charge is 0.380 e. The summed E-state index contributed by atoms with van der Waals surface area (Å²) in [6.45, 7) is 6.18. The van der Waals surface area contributed by atoms with E-state index in [1.54, 1.807) is 7.11 Å². The van der Waals surface area contributed by atoms with Gasteiger partial charge in [-0.05, 0) is 29.3 Å². The molecule has 3 aromatic rings. The van der Waals surface area contributed by atoms with E-state index in [0.717, 1.165) is 44.0 Å². The highest BCUT2D eigenvalue weighted by Crippen LogP contribution is 2.19. The highest BCUT2D eigenvalue weighted by atomic mass is 127. The number of nitrogens with one attached hydrogen (secondary N) is 1. The summed E-state index contributed by atoms with van der Waals surface area (Å²) in [6, 6.07) is 27.1. The monoisotopic (exact) mass is 571 g/mol. The van der Waals surface area contributed by atoms with E-state index in [4.69, 9.17) is 10.5 Å². The summed E-state index contributed by atoms with van der Waals surface area (Å²) in [7, 11) is 1.69. The maximum Gasteiger partial charge on any atom is 0.193 e. The van der Waals surface area contributed by atoms with Crippen molar-refractivity contribution in [1.29, 1.82) is 0 Å². The van der Waals surface area contributed by atoms with Crippen molar-refractivity contribution in [3.05, 3.63) is 95.6 Å². The Morgan fingerprint density at radius 1 is 0.853 bits per heavy atom. The summed E-state index contributed by atoms with van der Waals surface area (Å²) in [6.07, 6.45) is 0. The number of hydrogen-bond acceptors (Lipinski definition) is 4. The van der Waals surface area contributed by atoms with Crippen LogP contribution in [0.2, 0.25) is 0 Å². The smallest absolute Gasteiger partial charge is 0.193 e. The van der Waals surface area contributed by atoms with Gasteiger partial charge in [0.15, 0.2) is 5.96 Å². The molecule has 0 saturated carbocycles. The van der Waals surface area contributed by atoms with Gasteiger partial charge in [-0.2, -0.15) is 0 Å². The Hall–Kier alpha value is -2.62. The van der Waals surface area contributed by atoms with Crippen LogP contribution in [0.15, 0.2) is 83.9 Å². The minimum Gasteiger partial charge on any atom is -0.380 e. The lowest BCUT2D eigenvalue weighted by molar-refractivity contribution is 0.185. The number of ether oxygens (including phenoxy) is 1. The van der Waals surface area contributed by atoms with Gasteiger partial charge in [-0.15, -0.1) is 24.0 Å². The first-order chi connectivity index (χ1) is 16.2. The van der Waals surface area contributed by atoms with Crippen LogP contribution in [0, 0.1) is 0 Å². The molecule has 1 aliphatic rings. The molecule has 7 heteroatoms. The molecule has 0 bridgehead atoms. The van der Waals surface area contributed by atoms with E-state index < -0.39 is 0 Å². The topological polar surface area (TPSA) is 66.1 Å². The Kier molecular flexibility index (Phi) is 10.2. The minimum absolute atomic E-state index is 0. The fourth-order valence-electron chi connectivity index (χ4n) is 4.18. The molecule has 0 aromatic heterocycles. The van der Waals surface area contributed by atoms with Crippen molar-refractivity contribution in [2.24, 2.45) is 10.7 Å². The van der Waals surface area contributed by atoms with Gasteiger partial charge in [-0.25, -0.2) is 4.99 Å². The first kappa shape index (κ1) is 26.0. The van der Waals surface area contributed by atoms with Crippen LogP contribution in [0.3, 0.4) is 0 Å². The average Bonchev–Trinajstić information content (AvgIpc) is 2.86. The van der Waals surface area contributed by atoms with Crippen LogP contribution in [0.4, 0.5) is 11.4 Å². The number of guanidine groups is 1. The predicted molar refractivity (Wildman–Crippen MR) is 152 cm³/mol. The third-order valence-corrected chi connectivity index (χ3v) is 6.01. The lowest BCUT2D eigenvalue weighted by atomic mass is 10.1. The summed E-state index contributed by atoms with van der Waals surface area (Å²) in [5, 5.41) is 3.22. The van der Waals surface area contributed by atoms with Gasteiger partial charge in [0.2, 0.25) is 0 Å². The number of rotatable bonds is 8. The second-order valence-corrected chi connectivity index (χ2v) is 8.28. The van der Waals surface area contributed by atoms with E-state index >= 15 is 0 Å². The van der Waals surface area contributed by atoms with Crippen molar-refractivity contribution in [2.45, 2.75) is 19.7 Å². The second-order valence-electron chi connectivity index (χ2n) is 8.28. The summed E-state index contributed by atoms with van der Waals surface area (Å²) < 4.78 is 5.27. The number of nitrogens with two attached hydrogens (primary N) is 1. The van der Waals surface area contributed by atoms with Crippen LogP contribution >= 0.6 is 24.0 Å². The molecule has 1 heterocycles. The number of aliphatic imine (C=N–C) groups is 1. The quantitative estimate of drug-likeness (QED) is 0.233. The molecule has 0 aliphatic carbocycles. The van der Waals surface area contributed by atoms with Crippen LogP contribution in [-0.4, -0.2) is 44.1 Å².